The third-order valence-corrected chi connectivity index (χ3v) is 6.25. The highest BCUT2D eigenvalue weighted by Crippen LogP contribution is 2.31. The molecule has 1 aromatic heterocycles. The smallest absolute Gasteiger partial charge is 0.132 e. The molecule has 0 unspecified atom stereocenters. The van der Waals surface area contributed by atoms with Crippen LogP contribution in [0.4, 0.5) is 8.78 Å². The standard InChI is InChI=1S/C27H26F2N4/c1-31-14-16-32(17-15-31)19-22-18-30-33(27(22)25-4-2-3-5-26(25)29)24-12-8-21(9-13-24)20-6-10-23(28)11-7-20/h2-13,18H,14-17,19H2,1H3. The maximum absolute atomic E-state index is 14.9. The number of benzene rings is 3. The molecule has 33 heavy (non-hydrogen) atoms. The van der Waals surface area contributed by atoms with E-state index in [-0.39, 0.29) is 11.6 Å². The molecule has 168 valence electrons. The lowest BCUT2D eigenvalue weighted by Gasteiger charge is -2.32. The highest BCUT2D eigenvalue weighted by Gasteiger charge is 2.21. The molecule has 6 heteroatoms. The van der Waals surface area contributed by atoms with E-state index in [1.54, 1.807) is 18.2 Å². The van der Waals surface area contributed by atoms with Crippen molar-refractivity contribution in [2.45, 2.75) is 6.54 Å². The van der Waals surface area contributed by atoms with Crippen LogP contribution in [0.25, 0.3) is 28.1 Å². The van der Waals surface area contributed by atoms with Gasteiger partial charge in [-0.2, -0.15) is 5.10 Å². The number of piperazine rings is 1. The average Bonchev–Trinajstić information content (AvgIpc) is 3.25. The van der Waals surface area contributed by atoms with Gasteiger partial charge in [-0.3, -0.25) is 4.90 Å². The highest BCUT2D eigenvalue weighted by molar-refractivity contribution is 5.68. The molecular formula is C27H26F2N4. The summed E-state index contributed by atoms with van der Waals surface area (Å²) in [6.07, 6.45) is 1.86. The van der Waals surface area contributed by atoms with Crippen LogP contribution >= 0.6 is 0 Å². The fourth-order valence-electron chi connectivity index (χ4n) is 4.32. The first-order valence-corrected chi connectivity index (χ1v) is 11.2. The molecule has 4 nitrogen and oxygen atoms in total. The SMILES string of the molecule is CN1CCN(Cc2cnn(-c3ccc(-c4ccc(F)cc4)cc3)c2-c2ccccc2F)CC1. The summed E-state index contributed by atoms with van der Waals surface area (Å²) >= 11 is 0. The van der Waals surface area contributed by atoms with E-state index in [2.05, 4.69) is 21.9 Å². The maximum atomic E-state index is 14.9. The molecule has 4 aromatic rings. The number of halogens is 2. The fraction of sp³-hybridized carbons (Fsp3) is 0.222. The van der Waals surface area contributed by atoms with E-state index in [4.69, 9.17) is 0 Å². The van der Waals surface area contributed by atoms with Crippen LogP contribution in [-0.4, -0.2) is 52.8 Å². The predicted octanol–water partition coefficient (Wildman–Crippen LogP) is 5.23. The number of rotatable bonds is 5. The Morgan fingerprint density at radius 3 is 2.09 bits per heavy atom. The Kier molecular flexibility index (Phi) is 6.03. The molecule has 0 saturated carbocycles. The molecule has 0 N–H and O–H groups in total. The number of hydrogen-bond donors (Lipinski definition) is 0. The van der Waals surface area contributed by atoms with Crippen molar-refractivity contribution >= 4 is 0 Å². The van der Waals surface area contributed by atoms with Crippen LogP contribution in [0.1, 0.15) is 5.56 Å². The second kappa shape index (κ2) is 9.25. The van der Waals surface area contributed by atoms with Crippen molar-refractivity contribution in [3.63, 3.8) is 0 Å². The Morgan fingerprint density at radius 1 is 0.788 bits per heavy atom. The third-order valence-electron chi connectivity index (χ3n) is 6.25. The second-order valence-electron chi connectivity index (χ2n) is 8.54. The average molecular weight is 445 g/mol. The fourth-order valence-corrected chi connectivity index (χ4v) is 4.32. The van der Waals surface area contributed by atoms with Crippen molar-refractivity contribution in [2.24, 2.45) is 0 Å². The zero-order valence-corrected chi connectivity index (χ0v) is 18.6. The van der Waals surface area contributed by atoms with E-state index in [0.717, 1.165) is 60.8 Å². The Labute approximate surface area is 192 Å². The lowest BCUT2D eigenvalue weighted by atomic mass is 10.0. The van der Waals surface area contributed by atoms with Crippen LogP contribution in [0.3, 0.4) is 0 Å². The molecule has 3 aromatic carbocycles. The van der Waals surface area contributed by atoms with Gasteiger partial charge in [-0.05, 0) is 54.6 Å². The molecule has 1 fully saturated rings. The topological polar surface area (TPSA) is 24.3 Å². The quantitative estimate of drug-likeness (QED) is 0.421. The van der Waals surface area contributed by atoms with E-state index >= 15 is 0 Å². The predicted molar refractivity (Wildman–Crippen MR) is 127 cm³/mol. The first-order chi connectivity index (χ1) is 16.1. The molecule has 1 saturated heterocycles. The van der Waals surface area contributed by atoms with Crippen LogP contribution in [0.15, 0.2) is 79.0 Å². The normalized spacial score (nSPS) is 15.1. The Bertz CT molecular complexity index is 1220. The van der Waals surface area contributed by atoms with E-state index in [1.807, 2.05) is 47.3 Å². The van der Waals surface area contributed by atoms with Gasteiger partial charge in [0, 0.05) is 43.9 Å². The molecule has 0 spiro atoms. The number of aromatic nitrogens is 2. The molecular weight excluding hydrogens is 418 g/mol. The Hall–Kier alpha value is -3.35. The van der Waals surface area contributed by atoms with Crippen molar-refractivity contribution in [1.82, 2.24) is 19.6 Å². The summed E-state index contributed by atoms with van der Waals surface area (Å²) in [5.41, 5.74) is 5.10. The van der Waals surface area contributed by atoms with Gasteiger partial charge < -0.3 is 4.90 Å². The molecule has 0 aliphatic carbocycles. The van der Waals surface area contributed by atoms with Crippen molar-refractivity contribution in [2.75, 3.05) is 33.2 Å². The summed E-state index contributed by atoms with van der Waals surface area (Å²) in [6, 6.07) is 21.2. The summed E-state index contributed by atoms with van der Waals surface area (Å²) in [5.74, 6) is -0.517. The minimum atomic E-state index is -0.262. The van der Waals surface area contributed by atoms with Gasteiger partial charge in [-0.25, -0.2) is 13.5 Å². The summed E-state index contributed by atoms with van der Waals surface area (Å²) in [6.45, 7) is 4.72. The van der Waals surface area contributed by atoms with E-state index in [0.29, 0.717) is 5.56 Å². The third kappa shape index (κ3) is 4.58. The van der Waals surface area contributed by atoms with Crippen molar-refractivity contribution < 1.29 is 8.78 Å². The highest BCUT2D eigenvalue weighted by atomic mass is 19.1. The first kappa shape index (κ1) is 21.5. The number of nitrogens with zero attached hydrogens (tertiary/aromatic N) is 4. The molecule has 0 atom stereocenters. The summed E-state index contributed by atoms with van der Waals surface area (Å²) in [5, 5.41) is 4.66. The van der Waals surface area contributed by atoms with E-state index in [9.17, 15) is 8.78 Å². The van der Waals surface area contributed by atoms with Gasteiger partial charge in [0.15, 0.2) is 0 Å². The van der Waals surface area contributed by atoms with Gasteiger partial charge in [0.1, 0.15) is 11.6 Å². The van der Waals surface area contributed by atoms with Gasteiger partial charge >= 0.3 is 0 Å². The molecule has 5 rings (SSSR count). The van der Waals surface area contributed by atoms with Crippen molar-refractivity contribution in [1.29, 1.82) is 0 Å². The van der Waals surface area contributed by atoms with Crippen molar-refractivity contribution in [3.8, 4) is 28.1 Å². The van der Waals surface area contributed by atoms with Gasteiger partial charge in [0.25, 0.3) is 0 Å². The van der Waals surface area contributed by atoms with Crippen LogP contribution < -0.4 is 0 Å². The van der Waals surface area contributed by atoms with Gasteiger partial charge in [-0.15, -0.1) is 0 Å². The monoisotopic (exact) mass is 444 g/mol. The van der Waals surface area contributed by atoms with Crippen LogP contribution in [0.5, 0.6) is 0 Å². The van der Waals surface area contributed by atoms with E-state index in [1.165, 1.54) is 18.2 Å². The van der Waals surface area contributed by atoms with Gasteiger partial charge in [-0.1, -0.05) is 36.4 Å². The molecule has 2 heterocycles. The lowest BCUT2D eigenvalue weighted by molar-refractivity contribution is 0.148. The molecule has 0 radical (unpaired) electrons. The molecule has 0 bridgehead atoms. The lowest BCUT2D eigenvalue weighted by Crippen LogP contribution is -2.43. The largest absolute Gasteiger partial charge is 0.304 e. The summed E-state index contributed by atoms with van der Waals surface area (Å²) in [4.78, 5) is 4.71. The number of likely N-dealkylation sites (N-methyl/N-ethyl adjacent to an activating group) is 1. The minimum absolute atomic E-state index is 0.255. The Morgan fingerprint density at radius 2 is 1.42 bits per heavy atom. The van der Waals surface area contributed by atoms with Crippen molar-refractivity contribution in [3.05, 3.63) is 96.2 Å². The summed E-state index contributed by atoms with van der Waals surface area (Å²) in [7, 11) is 2.13. The molecule has 0 amide bonds. The zero-order chi connectivity index (χ0) is 22.8. The van der Waals surface area contributed by atoms with Crippen LogP contribution in [0, 0.1) is 11.6 Å². The van der Waals surface area contributed by atoms with Crippen LogP contribution in [-0.2, 0) is 6.54 Å². The van der Waals surface area contributed by atoms with E-state index < -0.39 is 0 Å². The first-order valence-electron chi connectivity index (χ1n) is 11.2. The summed E-state index contributed by atoms with van der Waals surface area (Å²) < 4.78 is 30.0. The minimum Gasteiger partial charge on any atom is -0.304 e. The number of hydrogen-bond acceptors (Lipinski definition) is 3. The zero-order valence-electron chi connectivity index (χ0n) is 18.6. The Balaban J connectivity index is 1.51. The van der Waals surface area contributed by atoms with Gasteiger partial charge in [0.2, 0.25) is 0 Å². The van der Waals surface area contributed by atoms with Gasteiger partial charge in [0.05, 0.1) is 17.6 Å². The maximum Gasteiger partial charge on any atom is 0.132 e. The second-order valence-corrected chi connectivity index (χ2v) is 8.54. The molecule has 1 aliphatic rings. The molecule has 1 aliphatic heterocycles. The van der Waals surface area contributed by atoms with Crippen LogP contribution in [0.2, 0.25) is 0 Å².